The second kappa shape index (κ2) is 7.28. The minimum atomic E-state index is -4.41. The number of rotatable bonds is 5. The smallest absolute Gasteiger partial charge is 0.383 e. The zero-order valence-corrected chi connectivity index (χ0v) is 12.8. The van der Waals surface area contributed by atoms with Gasteiger partial charge < -0.3 is 10.2 Å². The summed E-state index contributed by atoms with van der Waals surface area (Å²) in [7, 11) is 0. The normalized spacial score (nSPS) is 13.0. The minimum absolute atomic E-state index is 0.251. The molecule has 1 aromatic heterocycles. The molecule has 1 amide bonds. The average molecular weight is 342 g/mol. The van der Waals surface area contributed by atoms with Crippen LogP contribution in [0.2, 0.25) is 0 Å². The predicted octanol–water partition coefficient (Wildman–Crippen LogP) is 4.14. The number of thiophene rings is 1. The van der Waals surface area contributed by atoms with Gasteiger partial charge in [-0.3, -0.25) is 4.79 Å². The fourth-order valence-corrected chi connectivity index (χ4v) is 2.15. The van der Waals surface area contributed by atoms with Crippen LogP contribution in [0, 0.1) is 0 Å². The van der Waals surface area contributed by atoms with Crippen LogP contribution < -0.4 is 5.32 Å². The molecule has 0 spiro atoms. The number of amides is 1. The number of anilines is 1. The van der Waals surface area contributed by atoms with Crippen LogP contribution in [-0.2, 0) is 15.8 Å². The lowest BCUT2D eigenvalue weighted by Crippen LogP contribution is -2.26. The summed E-state index contributed by atoms with van der Waals surface area (Å²) in [6.07, 6.45) is -3.81. The Morgan fingerprint density at radius 2 is 2.00 bits per heavy atom. The molecule has 1 aromatic carbocycles. The molecule has 0 fully saturated rings. The SMILES string of the molecule is CC(O/N=C/c1cccs1)C(=O)Nc1ccc(C(F)(F)F)cc1. The van der Waals surface area contributed by atoms with E-state index in [9.17, 15) is 18.0 Å². The summed E-state index contributed by atoms with van der Waals surface area (Å²) >= 11 is 1.47. The topological polar surface area (TPSA) is 50.7 Å². The number of hydrogen-bond donors (Lipinski definition) is 1. The Labute approximate surface area is 134 Å². The third-order valence-corrected chi connectivity index (χ3v) is 3.60. The number of oxime groups is 1. The van der Waals surface area contributed by atoms with Crippen LogP contribution in [0.15, 0.2) is 46.9 Å². The number of benzene rings is 1. The quantitative estimate of drug-likeness (QED) is 0.656. The van der Waals surface area contributed by atoms with Crippen LogP contribution in [0.3, 0.4) is 0 Å². The fourth-order valence-electron chi connectivity index (χ4n) is 1.57. The van der Waals surface area contributed by atoms with Gasteiger partial charge in [0.25, 0.3) is 5.91 Å². The van der Waals surface area contributed by atoms with E-state index >= 15 is 0 Å². The van der Waals surface area contributed by atoms with Gasteiger partial charge in [0.15, 0.2) is 0 Å². The molecule has 23 heavy (non-hydrogen) atoms. The van der Waals surface area contributed by atoms with Gasteiger partial charge in [0, 0.05) is 10.6 Å². The largest absolute Gasteiger partial charge is 0.416 e. The highest BCUT2D eigenvalue weighted by atomic mass is 32.1. The molecular formula is C15H13F3N2O2S. The van der Waals surface area contributed by atoms with E-state index in [0.29, 0.717) is 0 Å². The molecule has 1 atom stereocenters. The first-order chi connectivity index (χ1) is 10.9. The standard InChI is InChI=1S/C15H13F3N2O2S/c1-10(22-19-9-13-3-2-8-23-13)14(21)20-12-6-4-11(5-7-12)15(16,17)18/h2-10H,1H3,(H,20,21)/b19-9+. The van der Waals surface area contributed by atoms with Crippen molar-refractivity contribution in [2.24, 2.45) is 5.16 Å². The van der Waals surface area contributed by atoms with Crippen molar-refractivity contribution in [1.82, 2.24) is 0 Å². The first kappa shape index (κ1) is 17.0. The molecule has 0 aliphatic heterocycles. The Morgan fingerprint density at radius 1 is 1.30 bits per heavy atom. The predicted molar refractivity (Wildman–Crippen MR) is 82.5 cm³/mol. The summed E-state index contributed by atoms with van der Waals surface area (Å²) in [5, 5.41) is 8.04. The zero-order chi connectivity index (χ0) is 16.9. The van der Waals surface area contributed by atoms with E-state index in [2.05, 4.69) is 10.5 Å². The summed E-state index contributed by atoms with van der Waals surface area (Å²) in [6, 6.07) is 7.86. The third kappa shape index (κ3) is 5.10. The number of halogens is 3. The fraction of sp³-hybridized carbons (Fsp3) is 0.200. The highest BCUT2D eigenvalue weighted by Crippen LogP contribution is 2.29. The van der Waals surface area contributed by atoms with Gasteiger partial charge in [0.05, 0.1) is 11.8 Å². The molecule has 1 N–H and O–H groups in total. The zero-order valence-electron chi connectivity index (χ0n) is 12.0. The van der Waals surface area contributed by atoms with Crippen LogP contribution in [0.25, 0.3) is 0 Å². The van der Waals surface area contributed by atoms with Crippen molar-refractivity contribution >= 4 is 29.1 Å². The Hall–Kier alpha value is -2.35. The van der Waals surface area contributed by atoms with Crippen molar-refractivity contribution < 1.29 is 22.8 Å². The Morgan fingerprint density at radius 3 is 2.57 bits per heavy atom. The van der Waals surface area contributed by atoms with Gasteiger partial charge in [0.1, 0.15) is 0 Å². The summed E-state index contributed by atoms with van der Waals surface area (Å²) in [6.45, 7) is 1.49. The molecule has 0 radical (unpaired) electrons. The monoisotopic (exact) mass is 342 g/mol. The molecule has 0 aliphatic carbocycles. The van der Waals surface area contributed by atoms with E-state index in [4.69, 9.17) is 4.84 Å². The highest BCUT2D eigenvalue weighted by Gasteiger charge is 2.30. The lowest BCUT2D eigenvalue weighted by Gasteiger charge is -2.11. The van der Waals surface area contributed by atoms with Gasteiger partial charge in [-0.2, -0.15) is 13.2 Å². The summed E-state index contributed by atoms with van der Waals surface area (Å²) < 4.78 is 37.3. The maximum absolute atomic E-state index is 12.4. The molecule has 0 bridgehead atoms. The first-order valence-corrected chi connectivity index (χ1v) is 7.45. The summed E-state index contributed by atoms with van der Waals surface area (Å²) in [5.74, 6) is -0.506. The molecule has 1 heterocycles. The second-order valence-corrected chi connectivity index (χ2v) is 5.54. The van der Waals surface area contributed by atoms with Gasteiger partial charge >= 0.3 is 6.18 Å². The lowest BCUT2D eigenvalue weighted by molar-refractivity contribution is -0.137. The van der Waals surface area contributed by atoms with Crippen molar-refractivity contribution in [2.75, 3.05) is 5.32 Å². The molecule has 0 aliphatic rings. The van der Waals surface area contributed by atoms with Crippen LogP contribution in [-0.4, -0.2) is 18.2 Å². The molecule has 1 unspecified atom stereocenters. The number of nitrogens with zero attached hydrogens (tertiary/aromatic N) is 1. The van der Waals surface area contributed by atoms with Gasteiger partial charge in [-0.15, -0.1) is 11.3 Å². The molecule has 2 aromatic rings. The van der Waals surface area contributed by atoms with Gasteiger partial charge in [0.2, 0.25) is 6.10 Å². The molecule has 4 nitrogen and oxygen atoms in total. The first-order valence-electron chi connectivity index (χ1n) is 6.57. The van der Waals surface area contributed by atoms with Crippen LogP contribution in [0.5, 0.6) is 0 Å². The molecule has 122 valence electrons. The minimum Gasteiger partial charge on any atom is -0.383 e. The Balaban J connectivity index is 1.88. The van der Waals surface area contributed by atoms with Gasteiger partial charge in [-0.1, -0.05) is 11.2 Å². The Bertz CT molecular complexity index is 667. The van der Waals surface area contributed by atoms with Gasteiger partial charge in [-0.05, 0) is 42.6 Å². The van der Waals surface area contributed by atoms with Crippen molar-refractivity contribution in [3.05, 3.63) is 52.2 Å². The van der Waals surface area contributed by atoms with Crippen molar-refractivity contribution in [2.45, 2.75) is 19.2 Å². The maximum atomic E-state index is 12.4. The number of carbonyl (C=O) groups is 1. The van der Waals surface area contributed by atoms with Crippen LogP contribution >= 0.6 is 11.3 Å². The third-order valence-electron chi connectivity index (χ3n) is 2.79. The lowest BCUT2D eigenvalue weighted by atomic mass is 10.2. The number of nitrogens with one attached hydrogen (secondary N) is 1. The van der Waals surface area contributed by atoms with E-state index < -0.39 is 23.8 Å². The number of hydrogen-bond acceptors (Lipinski definition) is 4. The summed E-state index contributed by atoms with van der Waals surface area (Å²) in [5.41, 5.74) is -0.527. The van der Waals surface area contributed by atoms with E-state index in [1.165, 1.54) is 36.6 Å². The molecule has 0 saturated heterocycles. The molecule has 0 saturated carbocycles. The summed E-state index contributed by atoms with van der Waals surface area (Å²) in [4.78, 5) is 17.7. The molecular weight excluding hydrogens is 329 g/mol. The van der Waals surface area contributed by atoms with Gasteiger partial charge in [-0.25, -0.2) is 0 Å². The van der Waals surface area contributed by atoms with Crippen molar-refractivity contribution in [3.8, 4) is 0 Å². The van der Waals surface area contributed by atoms with Crippen molar-refractivity contribution in [3.63, 3.8) is 0 Å². The number of carbonyl (C=O) groups excluding carboxylic acids is 1. The highest BCUT2D eigenvalue weighted by molar-refractivity contribution is 7.11. The Kier molecular flexibility index (Phi) is 5.38. The van der Waals surface area contributed by atoms with Crippen LogP contribution in [0.1, 0.15) is 17.4 Å². The van der Waals surface area contributed by atoms with E-state index in [1.807, 2.05) is 17.5 Å². The molecule has 2 rings (SSSR count). The van der Waals surface area contributed by atoms with E-state index in [-0.39, 0.29) is 5.69 Å². The maximum Gasteiger partial charge on any atom is 0.416 e. The number of alkyl halides is 3. The second-order valence-electron chi connectivity index (χ2n) is 4.56. The van der Waals surface area contributed by atoms with E-state index in [1.54, 1.807) is 0 Å². The van der Waals surface area contributed by atoms with E-state index in [0.717, 1.165) is 17.0 Å². The van der Waals surface area contributed by atoms with Crippen molar-refractivity contribution in [1.29, 1.82) is 0 Å². The molecule has 8 heteroatoms. The average Bonchev–Trinajstić information content (AvgIpc) is 3.00. The van der Waals surface area contributed by atoms with Crippen LogP contribution in [0.4, 0.5) is 18.9 Å².